The molecule has 1 aromatic rings. The Morgan fingerprint density at radius 2 is 1.85 bits per heavy atom. The normalized spacial score (nSPS) is 18.6. The van der Waals surface area contributed by atoms with Crippen molar-refractivity contribution in [1.82, 2.24) is 10.6 Å². The minimum atomic E-state index is -0.777. The monoisotopic (exact) mass is 481 g/mol. The van der Waals surface area contributed by atoms with Crippen molar-refractivity contribution in [3.05, 3.63) is 32.9 Å². The van der Waals surface area contributed by atoms with Crippen LogP contribution in [0.1, 0.15) is 49.3 Å². The Bertz CT molecular complexity index is 868. The number of esters is 1. The van der Waals surface area contributed by atoms with Crippen molar-refractivity contribution in [3.8, 4) is 11.5 Å². The highest BCUT2D eigenvalue weighted by Crippen LogP contribution is 2.33. The first kappa shape index (κ1) is 27.3. The highest BCUT2D eigenvalue weighted by atomic mass is 17.0. The third-order valence-corrected chi connectivity index (χ3v) is 5.92. The van der Waals surface area contributed by atoms with E-state index in [4.69, 9.17) is 9.47 Å². The van der Waals surface area contributed by atoms with Gasteiger partial charge in [-0.2, -0.15) is 0 Å². The van der Waals surface area contributed by atoms with Gasteiger partial charge in [-0.15, -0.1) is 10.1 Å². The van der Waals surface area contributed by atoms with Gasteiger partial charge in [0.2, 0.25) is 5.91 Å². The minimum absolute atomic E-state index is 0.0661. The Hall–Kier alpha value is -2.92. The van der Waals surface area contributed by atoms with Gasteiger partial charge < -0.3 is 30.1 Å². The molecule has 11 heteroatoms. The van der Waals surface area contributed by atoms with Gasteiger partial charge in [-0.25, -0.2) is 0 Å². The van der Waals surface area contributed by atoms with Crippen LogP contribution in [0, 0.1) is 36.8 Å². The standard InChI is InChI=1S/C23H35N3O8/c1-14-11-21(15(2)16(3)22(14)33-17(4)27)32-13-19(28)12-24-9-10-25-23(29)18-5-7-20(8-6-18)34-26(30)31/h11,18-20,24,28H,5-10,12-13H2,1-4H3,(H,25,29)/t18-,19?,20-. The lowest BCUT2D eigenvalue weighted by Crippen LogP contribution is -2.40. The van der Waals surface area contributed by atoms with E-state index in [-0.39, 0.29) is 24.4 Å². The molecule has 1 unspecified atom stereocenters. The van der Waals surface area contributed by atoms with Crippen LogP contribution in [0.25, 0.3) is 0 Å². The Morgan fingerprint density at radius 3 is 2.47 bits per heavy atom. The fourth-order valence-corrected chi connectivity index (χ4v) is 3.96. The van der Waals surface area contributed by atoms with Crippen LogP contribution in [0.2, 0.25) is 0 Å². The topological polar surface area (TPSA) is 149 Å². The maximum atomic E-state index is 12.2. The van der Waals surface area contributed by atoms with E-state index in [9.17, 15) is 24.8 Å². The Labute approximate surface area is 199 Å². The molecule has 1 saturated carbocycles. The molecule has 0 spiro atoms. The zero-order valence-electron chi connectivity index (χ0n) is 20.2. The molecule has 2 rings (SSSR count). The Morgan fingerprint density at radius 1 is 1.18 bits per heavy atom. The average molecular weight is 482 g/mol. The maximum absolute atomic E-state index is 12.2. The summed E-state index contributed by atoms with van der Waals surface area (Å²) in [5, 5.41) is 25.8. The van der Waals surface area contributed by atoms with Crippen LogP contribution in [0.15, 0.2) is 6.07 Å². The van der Waals surface area contributed by atoms with Gasteiger partial charge in [0.15, 0.2) is 0 Å². The molecule has 34 heavy (non-hydrogen) atoms. The first-order valence-electron chi connectivity index (χ1n) is 11.5. The minimum Gasteiger partial charge on any atom is -0.491 e. The number of hydrogen-bond acceptors (Lipinski definition) is 9. The molecule has 1 amide bonds. The number of carbonyl (C=O) groups is 2. The van der Waals surface area contributed by atoms with Crippen LogP contribution in [0.4, 0.5) is 0 Å². The van der Waals surface area contributed by atoms with E-state index in [1.165, 1.54) is 6.92 Å². The van der Waals surface area contributed by atoms with E-state index in [1.54, 1.807) is 6.07 Å². The van der Waals surface area contributed by atoms with Crippen LogP contribution in [0.5, 0.6) is 11.5 Å². The molecule has 190 valence electrons. The molecule has 3 N–H and O–H groups in total. The first-order valence-corrected chi connectivity index (χ1v) is 11.5. The number of benzene rings is 1. The Kier molecular flexibility index (Phi) is 10.5. The summed E-state index contributed by atoms with van der Waals surface area (Å²) in [5.74, 6) is 0.540. The van der Waals surface area contributed by atoms with Crippen molar-refractivity contribution in [1.29, 1.82) is 0 Å². The van der Waals surface area contributed by atoms with Gasteiger partial charge in [0, 0.05) is 32.5 Å². The summed E-state index contributed by atoms with van der Waals surface area (Å²) < 4.78 is 11.0. The summed E-state index contributed by atoms with van der Waals surface area (Å²) >= 11 is 0. The van der Waals surface area contributed by atoms with E-state index >= 15 is 0 Å². The first-order chi connectivity index (χ1) is 16.1. The van der Waals surface area contributed by atoms with E-state index in [0.29, 0.717) is 56.8 Å². The molecule has 1 aliphatic rings. The van der Waals surface area contributed by atoms with Gasteiger partial charge >= 0.3 is 5.97 Å². The van der Waals surface area contributed by atoms with E-state index in [2.05, 4.69) is 15.5 Å². The molecule has 1 aliphatic carbocycles. The molecular weight excluding hydrogens is 446 g/mol. The molecule has 11 nitrogen and oxygen atoms in total. The summed E-state index contributed by atoms with van der Waals surface area (Å²) in [7, 11) is 0. The SMILES string of the molecule is CC(=O)Oc1c(C)cc(OCC(O)CNCCNC(=O)[C@H]2CC[C@H](O[N+](=O)[O-])CC2)c(C)c1C. The summed E-state index contributed by atoms with van der Waals surface area (Å²) in [5.41, 5.74) is 2.42. The lowest BCUT2D eigenvalue weighted by atomic mass is 9.87. The number of nitrogens with one attached hydrogen (secondary N) is 2. The second kappa shape index (κ2) is 13.1. The fourth-order valence-electron chi connectivity index (χ4n) is 3.96. The lowest BCUT2D eigenvalue weighted by molar-refractivity contribution is -0.769. The van der Waals surface area contributed by atoms with Gasteiger partial charge in [-0.05, 0) is 69.2 Å². The van der Waals surface area contributed by atoms with Crippen molar-refractivity contribution in [3.63, 3.8) is 0 Å². The molecule has 1 aromatic carbocycles. The highest BCUT2D eigenvalue weighted by Gasteiger charge is 2.27. The number of aliphatic hydroxyl groups excluding tert-OH is 1. The third-order valence-electron chi connectivity index (χ3n) is 5.92. The van der Waals surface area contributed by atoms with E-state index in [0.717, 1.165) is 16.7 Å². The van der Waals surface area contributed by atoms with Gasteiger partial charge in [0.25, 0.3) is 5.09 Å². The van der Waals surface area contributed by atoms with Crippen LogP contribution in [-0.2, 0) is 14.4 Å². The number of nitrogens with zero attached hydrogens (tertiary/aromatic N) is 1. The highest BCUT2D eigenvalue weighted by molar-refractivity contribution is 5.78. The Balaban J connectivity index is 1.65. The molecular formula is C23H35N3O8. The van der Waals surface area contributed by atoms with E-state index in [1.807, 2.05) is 20.8 Å². The smallest absolute Gasteiger partial charge is 0.308 e. The van der Waals surface area contributed by atoms with Crippen molar-refractivity contribution in [2.45, 2.75) is 65.6 Å². The summed E-state index contributed by atoms with van der Waals surface area (Å²) in [4.78, 5) is 38.5. The zero-order valence-corrected chi connectivity index (χ0v) is 20.2. The summed E-state index contributed by atoms with van der Waals surface area (Å²) in [6, 6.07) is 1.78. The van der Waals surface area contributed by atoms with Gasteiger partial charge in [-0.3, -0.25) is 9.59 Å². The molecule has 0 aliphatic heterocycles. The molecule has 0 saturated heterocycles. The summed E-state index contributed by atoms with van der Waals surface area (Å²) in [6.07, 6.45) is 0.944. The van der Waals surface area contributed by atoms with Crippen LogP contribution in [-0.4, -0.2) is 60.5 Å². The van der Waals surface area contributed by atoms with Crippen LogP contribution in [0.3, 0.4) is 0 Å². The molecule has 1 fully saturated rings. The van der Waals surface area contributed by atoms with Gasteiger partial charge in [0.1, 0.15) is 30.3 Å². The second-order valence-electron chi connectivity index (χ2n) is 8.63. The van der Waals surface area contributed by atoms with Crippen molar-refractivity contribution >= 4 is 11.9 Å². The zero-order chi connectivity index (χ0) is 25.3. The number of rotatable bonds is 12. The quantitative estimate of drug-likeness (QED) is 0.133. The predicted octanol–water partition coefficient (Wildman–Crippen LogP) is 1.75. The number of amides is 1. The molecule has 0 aromatic heterocycles. The van der Waals surface area contributed by atoms with Crippen LogP contribution >= 0.6 is 0 Å². The van der Waals surface area contributed by atoms with Crippen molar-refractivity contribution in [2.24, 2.45) is 5.92 Å². The van der Waals surface area contributed by atoms with Gasteiger partial charge in [0.05, 0.1) is 0 Å². The maximum Gasteiger partial charge on any atom is 0.308 e. The van der Waals surface area contributed by atoms with Crippen molar-refractivity contribution < 1.29 is 34.1 Å². The lowest BCUT2D eigenvalue weighted by Gasteiger charge is -2.26. The van der Waals surface area contributed by atoms with E-state index < -0.39 is 17.3 Å². The number of aliphatic hydroxyl groups is 1. The third kappa shape index (κ3) is 8.45. The van der Waals surface area contributed by atoms with Crippen molar-refractivity contribution in [2.75, 3.05) is 26.2 Å². The number of aryl methyl sites for hydroxylation is 1. The molecule has 0 heterocycles. The average Bonchev–Trinajstić information content (AvgIpc) is 2.77. The fraction of sp³-hybridized carbons (Fsp3) is 0.652. The second-order valence-corrected chi connectivity index (χ2v) is 8.63. The molecule has 1 atom stereocenters. The van der Waals surface area contributed by atoms with Crippen LogP contribution < -0.4 is 20.1 Å². The number of carbonyl (C=O) groups excluding carboxylic acids is 2. The van der Waals surface area contributed by atoms with Gasteiger partial charge in [-0.1, -0.05) is 0 Å². The number of ether oxygens (including phenoxy) is 2. The predicted molar refractivity (Wildman–Crippen MR) is 123 cm³/mol. The summed E-state index contributed by atoms with van der Waals surface area (Å²) in [6.45, 7) is 8.18. The largest absolute Gasteiger partial charge is 0.491 e. The number of hydrogen-bond donors (Lipinski definition) is 3. The molecule has 0 radical (unpaired) electrons. The molecule has 0 bridgehead atoms.